The molecule has 0 aromatic carbocycles. The third-order valence-electron chi connectivity index (χ3n) is 0.490. The van der Waals surface area contributed by atoms with Crippen molar-refractivity contribution in [2.45, 2.75) is 0 Å². The van der Waals surface area contributed by atoms with Gasteiger partial charge >= 0.3 is 0 Å². The van der Waals surface area contributed by atoms with Gasteiger partial charge in [0.2, 0.25) is 0 Å². The summed E-state index contributed by atoms with van der Waals surface area (Å²) in [6.07, 6.45) is 1.12. The quantitative estimate of drug-likeness (QED) is 0.510. The lowest BCUT2D eigenvalue weighted by molar-refractivity contribution is 0.297. The second-order valence-corrected chi connectivity index (χ2v) is 1.04. The number of hydrogen-bond acceptors (Lipinski definition) is 2. The van der Waals surface area contributed by atoms with E-state index >= 15 is 0 Å². The van der Waals surface area contributed by atoms with Crippen LogP contribution in [0, 0.1) is 0 Å². The molecule has 0 amide bonds. The van der Waals surface area contributed by atoms with Crippen LogP contribution in [-0.2, 0) is 0 Å². The smallest absolute Gasteiger partial charge is 0.123 e. The summed E-state index contributed by atoms with van der Waals surface area (Å²) in [7, 11) is 0. The van der Waals surface area contributed by atoms with Gasteiger partial charge in [-0.05, 0) is 6.08 Å². The average molecular weight is 105 g/mol. The van der Waals surface area contributed by atoms with Gasteiger partial charge in [-0.1, -0.05) is 0 Å². The molecular weight excluding hydrogens is 97.0 g/mol. The molecule has 0 bridgehead atoms. The molecule has 3 N–H and O–H groups in total. The molecule has 0 aliphatic rings. The predicted molar refractivity (Wildman–Crippen MR) is 25.3 cm³/mol. The SMILES string of the molecule is NC/C=C(\F)CO. The van der Waals surface area contributed by atoms with Gasteiger partial charge in [0.25, 0.3) is 0 Å². The number of rotatable bonds is 2. The minimum absolute atomic E-state index is 0.145. The lowest BCUT2D eigenvalue weighted by Gasteiger charge is -1.83. The Kier molecular flexibility index (Phi) is 3.55. The van der Waals surface area contributed by atoms with Crippen LogP contribution >= 0.6 is 0 Å². The van der Waals surface area contributed by atoms with Gasteiger partial charge in [-0.15, -0.1) is 0 Å². The molecule has 0 atom stereocenters. The van der Waals surface area contributed by atoms with Crippen molar-refractivity contribution in [3.05, 3.63) is 11.9 Å². The number of aliphatic hydroxyl groups excluding tert-OH is 1. The summed E-state index contributed by atoms with van der Waals surface area (Å²) < 4.78 is 11.7. The fraction of sp³-hybridized carbons (Fsp3) is 0.500. The zero-order valence-electron chi connectivity index (χ0n) is 3.89. The molecular formula is C4H8FNO. The average Bonchev–Trinajstić information content (AvgIpc) is 1.68. The van der Waals surface area contributed by atoms with Crippen LogP contribution in [0.1, 0.15) is 0 Å². The molecule has 42 valence electrons. The molecule has 2 nitrogen and oxygen atoms in total. The lowest BCUT2D eigenvalue weighted by atomic mass is 10.5. The summed E-state index contributed by atoms with van der Waals surface area (Å²) in [5.41, 5.74) is 4.88. The van der Waals surface area contributed by atoms with Gasteiger partial charge in [0.1, 0.15) is 5.83 Å². The molecule has 0 aromatic rings. The second kappa shape index (κ2) is 3.77. The number of hydrogen-bond donors (Lipinski definition) is 2. The van der Waals surface area contributed by atoms with Crippen molar-refractivity contribution >= 4 is 0 Å². The zero-order valence-corrected chi connectivity index (χ0v) is 3.89. The highest BCUT2D eigenvalue weighted by molar-refractivity contribution is 4.91. The lowest BCUT2D eigenvalue weighted by Crippen LogP contribution is -1.95. The molecule has 0 aliphatic carbocycles. The monoisotopic (exact) mass is 105 g/mol. The molecule has 0 saturated heterocycles. The Bertz CT molecular complexity index is 72.1. The van der Waals surface area contributed by atoms with E-state index in [1.165, 1.54) is 0 Å². The van der Waals surface area contributed by atoms with Crippen LogP contribution in [0.4, 0.5) is 4.39 Å². The third kappa shape index (κ3) is 3.42. The summed E-state index contributed by atoms with van der Waals surface area (Å²) in [5.74, 6) is -0.567. The van der Waals surface area contributed by atoms with Gasteiger partial charge in [0.15, 0.2) is 0 Å². The molecule has 0 fully saturated rings. The first-order valence-electron chi connectivity index (χ1n) is 1.96. The van der Waals surface area contributed by atoms with Crippen molar-refractivity contribution in [3.63, 3.8) is 0 Å². The van der Waals surface area contributed by atoms with Gasteiger partial charge < -0.3 is 10.8 Å². The van der Waals surface area contributed by atoms with Gasteiger partial charge in [-0.2, -0.15) is 0 Å². The Hall–Kier alpha value is -0.410. The molecule has 0 spiro atoms. The van der Waals surface area contributed by atoms with Crippen molar-refractivity contribution in [3.8, 4) is 0 Å². The number of nitrogens with two attached hydrogens (primary N) is 1. The first kappa shape index (κ1) is 6.59. The molecule has 0 unspecified atom stereocenters. The minimum atomic E-state index is -0.567. The maximum absolute atomic E-state index is 11.7. The molecule has 3 heteroatoms. The minimum Gasteiger partial charge on any atom is -0.389 e. The van der Waals surface area contributed by atoms with Gasteiger partial charge in [0.05, 0.1) is 6.61 Å². The third-order valence-corrected chi connectivity index (χ3v) is 0.490. The van der Waals surface area contributed by atoms with E-state index in [0.29, 0.717) is 0 Å². The van der Waals surface area contributed by atoms with E-state index in [0.717, 1.165) is 6.08 Å². The van der Waals surface area contributed by atoms with E-state index in [1.807, 2.05) is 0 Å². The Morgan fingerprint density at radius 2 is 2.43 bits per heavy atom. The normalized spacial score (nSPS) is 12.1. The Morgan fingerprint density at radius 1 is 1.86 bits per heavy atom. The van der Waals surface area contributed by atoms with E-state index < -0.39 is 12.4 Å². The summed E-state index contributed by atoms with van der Waals surface area (Å²) >= 11 is 0. The van der Waals surface area contributed by atoms with Gasteiger partial charge in [0, 0.05) is 6.54 Å². The molecule has 0 rings (SSSR count). The maximum Gasteiger partial charge on any atom is 0.123 e. The predicted octanol–water partition coefficient (Wildman–Crippen LogP) is -0.209. The maximum atomic E-state index is 11.7. The van der Waals surface area contributed by atoms with E-state index in [9.17, 15) is 4.39 Å². The molecule has 0 radical (unpaired) electrons. The highest BCUT2D eigenvalue weighted by atomic mass is 19.1. The van der Waals surface area contributed by atoms with E-state index in [2.05, 4.69) is 0 Å². The zero-order chi connectivity index (χ0) is 5.70. The van der Waals surface area contributed by atoms with E-state index in [-0.39, 0.29) is 6.54 Å². The molecule has 0 aliphatic heterocycles. The fourth-order valence-electron chi connectivity index (χ4n) is 0.192. The molecule has 0 heterocycles. The van der Waals surface area contributed by atoms with Crippen molar-refractivity contribution in [1.82, 2.24) is 0 Å². The molecule has 0 saturated carbocycles. The van der Waals surface area contributed by atoms with Crippen LogP contribution < -0.4 is 5.73 Å². The van der Waals surface area contributed by atoms with E-state index in [1.54, 1.807) is 0 Å². The first-order valence-corrected chi connectivity index (χ1v) is 1.96. The van der Waals surface area contributed by atoms with Crippen LogP contribution in [0.5, 0.6) is 0 Å². The van der Waals surface area contributed by atoms with Crippen LogP contribution in [0.3, 0.4) is 0 Å². The van der Waals surface area contributed by atoms with E-state index in [4.69, 9.17) is 10.8 Å². The van der Waals surface area contributed by atoms with Crippen molar-refractivity contribution in [2.24, 2.45) is 5.73 Å². The number of halogens is 1. The topological polar surface area (TPSA) is 46.2 Å². The summed E-state index contributed by atoms with van der Waals surface area (Å²) in [4.78, 5) is 0. The number of aliphatic hydroxyl groups is 1. The van der Waals surface area contributed by atoms with Crippen molar-refractivity contribution < 1.29 is 9.50 Å². The Morgan fingerprint density at radius 3 is 2.57 bits per heavy atom. The van der Waals surface area contributed by atoms with Crippen LogP contribution in [-0.4, -0.2) is 18.3 Å². The first-order chi connectivity index (χ1) is 3.31. The Balaban J connectivity index is 3.29. The van der Waals surface area contributed by atoms with Crippen molar-refractivity contribution in [1.29, 1.82) is 0 Å². The largest absolute Gasteiger partial charge is 0.389 e. The fourth-order valence-corrected chi connectivity index (χ4v) is 0.192. The van der Waals surface area contributed by atoms with Crippen LogP contribution in [0.25, 0.3) is 0 Å². The Labute approximate surface area is 41.4 Å². The molecule has 7 heavy (non-hydrogen) atoms. The second-order valence-electron chi connectivity index (χ2n) is 1.04. The van der Waals surface area contributed by atoms with Crippen molar-refractivity contribution in [2.75, 3.05) is 13.2 Å². The van der Waals surface area contributed by atoms with Crippen LogP contribution in [0.15, 0.2) is 11.9 Å². The van der Waals surface area contributed by atoms with Gasteiger partial charge in [-0.25, -0.2) is 4.39 Å². The summed E-state index contributed by atoms with van der Waals surface area (Å²) in [6.45, 7) is -0.399. The summed E-state index contributed by atoms with van der Waals surface area (Å²) in [5, 5.41) is 7.97. The highest BCUT2D eigenvalue weighted by Crippen LogP contribution is 1.89. The standard InChI is InChI=1S/C4H8FNO/c5-4(3-7)1-2-6/h1,7H,2-3,6H2/b4-1-. The highest BCUT2D eigenvalue weighted by Gasteiger charge is 1.83. The summed E-state index contributed by atoms with van der Waals surface area (Å²) in [6, 6.07) is 0. The molecule has 0 aromatic heterocycles. The van der Waals surface area contributed by atoms with Gasteiger partial charge in [-0.3, -0.25) is 0 Å². The van der Waals surface area contributed by atoms with Crippen LogP contribution in [0.2, 0.25) is 0 Å².